The van der Waals surface area contributed by atoms with Gasteiger partial charge in [-0.05, 0) is 32.0 Å². The summed E-state index contributed by atoms with van der Waals surface area (Å²) in [6.07, 6.45) is 0. The number of aryl methyl sites for hydroxylation is 2. The van der Waals surface area contributed by atoms with Gasteiger partial charge in [0.2, 0.25) is 10.0 Å². The molecule has 1 aromatic heterocycles. The van der Waals surface area contributed by atoms with E-state index in [9.17, 15) is 13.5 Å². The molecule has 0 unspecified atom stereocenters. The van der Waals surface area contributed by atoms with Gasteiger partial charge in [-0.25, -0.2) is 13.1 Å². The molecular weight excluding hydrogens is 292 g/mol. The Hall–Kier alpha value is -2.06. The molecule has 0 saturated heterocycles. The van der Waals surface area contributed by atoms with Gasteiger partial charge in [-0.15, -0.1) is 0 Å². The summed E-state index contributed by atoms with van der Waals surface area (Å²) < 4.78 is 28.7. The van der Waals surface area contributed by atoms with Crippen LogP contribution in [-0.2, 0) is 23.6 Å². The molecule has 0 radical (unpaired) electrons. The Morgan fingerprint density at radius 2 is 2.05 bits per heavy atom. The normalized spacial score (nSPS) is 11.8. The van der Waals surface area contributed by atoms with E-state index in [4.69, 9.17) is 5.73 Å². The average Bonchev–Trinajstić information content (AvgIpc) is 2.65. The first kappa shape index (κ1) is 15.3. The maximum Gasteiger partial charge on any atom is 0.244 e. The Bertz CT molecular complexity index is 781. The van der Waals surface area contributed by atoms with Crippen molar-refractivity contribution in [2.75, 3.05) is 5.73 Å². The molecule has 0 bridgehead atoms. The lowest BCUT2D eigenvalue weighted by molar-refractivity contribution is 0.467. The monoisotopic (exact) mass is 310 g/mol. The van der Waals surface area contributed by atoms with E-state index in [2.05, 4.69) is 9.82 Å². The van der Waals surface area contributed by atoms with Crippen LogP contribution in [0, 0.1) is 13.8 Å². The second-order valence-electron chi connectivity index (χ2n) is 4.84. The summed E-state index contributed by atoms with van der Waals surface area (Å²) in [6.45, 7) is 3.28. The summed E-state index contributed by atoms with van der Waals surface area (Å²) in [5.41, 5.74) is 7.48. The first-order valence-electron chi connectivity index (χ1n) is 6.29. The van der Waals surface area contributed by atoms with Crippen LogP contribution in [0.5, 0.6) is 5.75 Å². The smallest absolute Gasteiger partial charge is 0.244 e. The van der Waals surface area contributed by atoms with Gasteiger partial charge < -0.3 is 10.8 Å². The number of benzene rings is 1. The van der Waals surface area contributed by atoms with Crippen molar-refractivity contribution in [3.8, 4) is 5.75 Å². The molecule has 0 aliphatic carbocycles. The predicted molar refractivity (Wildman–Crippen MR) is 79.2 cm³/mol. The highest BCUT2D eigenvalue weighted by atomic mass is 32.2. The van der Waals surface area contributed by atoms with Crippen molar-refractivity contribution in [1.82, 2.24) is 14.5 Å². The Labute approximate surface area is 123 Å². The molecule has 0 spiro atoms. The van der Waals surface area contributed by atoms with Crippen molar-refractivity contribution >= 4 is 15.7 Å². The molecule has 1 heterocycles. The number of nitrogens with one attached hydrogen (secondary N) is 1. The SMILES string of the molecule is Cc1nn(C)c(C)c1S(=O)(=O)NCc1cc(N)ccc1O. The molecular formula is C13H18N4O3S. The van der Waals surface area contributed by atoms with Crippen LogP contribution in [0.2, 0.25) is 0 Å². The standard InChI is InChI=1S/C13H18N4O3S/c1-8-13(9(2)17(3)16-8)21(19,20)15-7-10-6-11(14)4-5-12(10)18/h4-6,15,18H,7,14H2,1-3H3. The Balaban J connectivity index is 2.28. The van der Waals surface area contributed by atoms with Crippen molar-refractivity contribution in [2.24, 2.45) is 7.05 Å². The molecule has 7 nitrogen and oxygen atoms in total. The lowest BCUT2D eigenvalue weighted by atomic mass is 10.2. The topological polar surface area (TPSA) is 110 Å². The number of hydrogen-bond donors (Lipinski definition) is 3. The minimum absolute atomic E-state index is 0.00784. The van der Waals surface area contributed by atoms with Gasteiger partial charge in [-0.1, -0.05) is 0 Å². The first-order chi connectivity index (χ1) is 9.72. The number of hydrogen-bond acceptors (Lipinski definition) is 5. The van der Waals surface area contributed by atoms with Crippen LogP contribution >= 0.6 is 0 Å². The number of nitrogens with two attached hydrogens (primary N) is 1. The van der Waals surface area contributed by atoms with E-state index in [1.54, 1.807) is 27.0 Å². The highest BCUT2D eigenvalue weighted by molar-refractivity contribution is 7.89. The summed E-state index contributed by atoms with van der Waals surface area (Å²) >= 11 is 0. The van der Waals surface area contributed by atoms with Crippen LogP contribution in [0.1, 0.15) is 17.0 Å². The number of aromatic hydroxyl groups is 1. The minimum Gasteiger partial charge on any atom is -0.508 e. The lowest BCUT2D eigenvalue weighted by Crippen LogP contribution is -2.24. The number of nitrogen functional groups attached to an aromatic ring is 1. The van der Waals surface area contributed by atoms with Crippen molar-refractivity contribution in [3.05, 3.63) is 35.2 Å². The second kappa shape index (κ2) is 5.38. The molecule has 2 aromatic rings. The summed E-state index contributed by atoms with van der Waals surface area (Å²) in [5, 5.41) is 13.8. The minimum atomic E-state index is -3.71. The van der Waals surface area contributed by atoms with Crippen LogP contribution in [0.4, 0.5) is 5.69 Å². The average molecular weight is 310 g/mol. The molecule has 21 heavy (non-hydrogen) atoms. The lowest BCUT2D eigenvalue weighted by Gasteiger charge is -2.09. The fourth-order valence-corrected chi connectivity index (χ4v) is 3.58. The third-order valence-corrected chi connectivity index (χ3v) is 4.92. The highest BCUT2D eigenvalue weighted by Gasteiger charge is 2.23. The van der Waals surface area contributed by atoms with E-state index in [1.807, 2.05) is 0 Å². The van der Waals surface area contributed by atoms with Crippen LogP contribution in [-0.4, -0.2) is 23.3 Å². The molecule has 0 saturated carbocycles. The maximum atomic E-state index is 12.4. The van der Waals surface area contributed by atoms with Gasteiger partial charge in [0.05, 0.1) is 11.4 Å². The number of nitrogens with zero attached hydrogens (tertiary/aromatic N) is 2. The zero-order valence-corrected chi connectivity index (χ0v) is 12.9. The fourth-order valence-electron chi connectivity index (χ4n) is 2.14. The maximum absolute atomic E-state index is 12.4. The molecule has 2 rings (SSSR count). The van der Waals surface area contributed by atoms with Gasteiger partial charge in [0.1, 0.15) is 10.6 Å². The van der Waals surface area contributed by atoms with Crippen LogP contribution in [0.3, 0.4) is 0 Å². The summed E-state index contributed by atoms with van der Waals surface area (Å²) in [6, 6.07) is 4.50. The van der Waals surface area contributed by atoms with Gasteiger partial charge in [0, 0.05) is 24.8 Å². The van der Waals surface area contributed by atoms with Gasteiger partial charge in [-0.2, -0.15) is 5.10 Å². The third kappa shape index (κ3) is 3.01. The van der Waals surface area contributed by atoms with Gasteiger partial charge in [-0.3, -0.25) is 4.68 Å². The molecule has 0 aliphatic heterocycles. The van der Waals surface area contributed by atoms with E-state index < -0.39 is 10.0 Å². The molecule has 114 valence electrons. The number of sulfonamides is 1. The molecule has 0 aliphatic rings. The summed E-state index contributed by atoms with van der Waals surface area (Å²) in [5.74, 6) is -0.00784. The van der Waals surface area contributed by atoms with E-state index in [1.165, 1.54) is 16.8 Å². The number of phenolic OH excluding ortho intramolecular Hbond substituents is 1. The quantitative estimate of drug-likeness (QED) is 0.571. The number of rotatable bonds is 4. The third-order valence-electron chi connectivity index (χ3n) is 3.27. The summed E-state index contributed by atoms with van der Waals surface area (Å²) in [7, 11) is -2.03. The number of aromatic nitrogens is 2. The van der Waals surface area contributed by atoms with Gasteiger partial charge >= 0.3 is 0 Å². The molecule has 8 heteroatoms. The van der Waals surface area contributed by atoms with Crippen molar-refractivity contribution in [2.45, 2.75) is 25.3 Å². The Kier molecular flexibility index (Phi) is 3.93. The van der Waals surface area contributed by atoms with Crippen molar-refractivity contribution in [1.29, 1.82) is 0 Å². The van der Waals surface area contributed by atoms with Crippen LogP contribution in [0.15, 0.2) is 23.1 Å². The van der Waals surface area contributed by atoms with Crippen molar-refractivity contribution in [3.63, 3.8) is 0 Å². The van der Waals surface area contributed by atoms with E-state index >= 15 is 0 Å². The van der Waals surface area contributed by atoms with E-state index in [-0.39, 0.29) is 17.2 Å². The first-order valence-corrected chi connectivity index (χ1v) is 7.78. The zero-order chi connectivity index (χ0) is 15.8. The highest BCUT2D eigenvalue weighted by Crippen LogP contribution is 2.22. The van der Waals surface area contributed by atoms with E-state index in [0.29, 0.717) is 22.6 Å². The second-order valence-corrected chi connectivity index (χ2v) is 6.54. The number of anilines is 1. The largest absolute Gasteiger partial charge is 0.508 e. The van der Waals surface area contributed by atoms with Gasteiger partial charge in [0.25, 0.3) is 0 Å². The predicted octanol–water partition coefficient (Wildman–Crippen LogP) is 0.803. The number of phenols is 1. The molecule has 0 atom stereocenters. The molecule has 0 fully saturated rings. The van der Waals surface area contributed by atoms with Gasteiger partial charge in [0.15, 0.2) is 0 Å². The Morgan fingerprint density at radius 1 is 1.38 bits per heavy atom. The van der Waals surface area contributed by atoms with Crippen LogP contribution in [0.25, 0.3) is 0 Å². The zero-order valence-electron chi connectivity index (χ0n) is 12.1. The fraction of sp³-hybridized carbons (Fsp3) is 0.308. The van der Waals surface area contributed by atoms with E-state index in [0.717, 1.165) is 0 Å². The molecule has 0 amide bonds. The molecule has 1 aromatic carbocycles. The Morgan fingerprint density at radius 3 is 2.62 bits per heavy atom. The summed E-state index contributed by atoms with van der Waals surface area (Å²) in [4.78, 5) is 0.161. The van der Waals surface area contributed by atoms with Crippen molar-refractivity contribution < 1.29 is 13.5 Å². The molecule has 4 N–H and O–H groups in total. The van der Waals surface area contributed by atoms with Crippen LogP contribution < -0.4 is 10.5 Å².